The molecule has 4 amide bonds. The van der Waals surface area contributed by atoms with Gasteiger partial charge in [0.05, 0.1) is 7.05 Å². The van der Waals surface area contributed by atoms with Crippen molar-refractivity contribution in [1.29, 1.82) is 0 Å². The number of hydrogen-bond donors (Lipinski definition) is 3. The maximum absolute atomic E-state index is 12.9. The van der Waals surface area contributed by atoms with Gasteiger partial charge in [0.1, 0.15) is 12.1 Å². The number of benzene rings is 2. The van der Waals surface area contributed by atoms with Gasteiger partial charge >= 0.3 is 6.03 Å². The van der Waals surface area contributed by atoms with Crippen molar-refractivity contribution in [1.82, 2.24) is 15.8 Å². The number of carbonyl (C=O) groups is 3. The Hall–Kier alpha value is -3.19. The number of nitrogens with one attached hydrogen (secondary N) is 3. The van der Waals surface area contributed by atoms with Crippen LogP contribution in [0.4, 0.5) is 4.79 Å². The predicted molar refractivity (Wildman–Crippen MR) is 118 cm³/mol. The van der Waals surface area contributed by atoms with Crippen molar-refractivity contribution >= 4 is 17.8 Å². The van der Waals surface area contributed by atoms with E-state index in [1.807, 2.05) is 13.1 Å². The van der Waals surface area contributed by atoms with E-state index in [1.165, 1.54) is 5.56 Å². The second-order valence-electron chi connectivity index (χ2n) is 9.35. The van der Waals surface area contributed by atoms with Crippen LogP contribution in [0, 0.1) is 0 Å². The van der Waals surface area contributed by atoms with Crippen LogP contribution < -0.4 is 15.6 Å². The molecule has 0 aromatic heterocycles. The molecule has 0 bridgehead atoms. The molecule has 7 nitrogen and oxygen atoms in total. The quantitative estimate of drug-likeness (QED) is 0.616. The maximum atomic E-state index is 12.9. The Morgan fingerprint density at radius 1 is 1.06 bits per heavy atom. The number of imide groups is 1. The molecular weight excluding hydrogens is 392 g/mol. The van der Waals surface area contributed by atoms with E-state index in [4.69, 9.17) is 0 Å². The number of rotatable bonds is 6. The Morgan fingerprint density at radius 2 is 1.68 bits per heavy atom. The molecule has 1 aliphatic heterocycles. The van der Waals surface area contributed by atoms with E-state index in [0.717, 1.165) is 15.5 Å². The van der Waals surface area contributed by atoms with Gasteiger partial charge in [-0.05, 0) is 23.5 Å². The summed E-state index contributed by atoms with van der Waals surface area (Å²) in [5, 5.41) is 3.46. The van der Waals surface area contributed by atoms with Crippen LogP contribution in [0.3, 0.4) is 0 Å². The van der Waals surface area contributed by atoms with E-state index in [0.29, 0.717) is 12.1 Å². The van der Waals surface area contributed by atoms with Gasteiger partial charge in [0, 0.05) is 5.56 Å². The van der Waals surface area contributed by atoms with Crippen molar-refractivity contribution in [2.45, 2.75) is 45.2 Å². The molecule has 1 aliphatic rings. The largest absolute Gasteiger partial charge is 0.344 e. The number of likely N-dealkylation sites (N-methyl/N-ethyl adjacent to an activating group) is 1. The van der Waals surface area contributed by atoms with Crippen molar-refractivity contribution < 1.29 is 19.3 Å². The predicted octanol–water partition coefficient (Wildman–Crippen LogP) is 1.50. The average molecular weight is 424 g/mol. The third-order valence-electron chi connectivity index (χ3n) is 5.57. The first-order valence-electron chi connectivity index (χ1n) is 10.4. The normalized spacial score (nSPS) is 19.8. The molecule has 1 unspecified atom stereocenters. The van der Waals surface area contributed by atoms with Crippen molar-refractivity contribution in [3.8, 4) is 0 Å². The maximum Gasteiger partial charge on any atom is 0.344 e. The van der Waals surface area contributed by atoms with Crippen LogP contribution in [0.25, 0.3) is 0 Å². The van der Waals surface area contributed by atoms with Crippen molar-refractivity contribution in [3.05, 3.63) is 71.3 Å². The minimum Gasteiger partial charge on any atom is -0.326 e. The Kier molecular flexibility index (Phi) is 6.18. The molecule has 31 heavy (non-hydrogen) atoms. The summed E-state index contributed by atoms with van der Waals surface area (Å²) in [6.07, 6.45) is 0. The van der Waals surface area contributed by atoms with Crippen LogP contribution in [-0.4, -0.2) is 36.4 Å². The first-order chi connectivity index (χ1) is 14.5. The summed E-state index contributed by atoms with van der Waals surface area (Å²) in [6.45, 7) is 8.92. The fraction of sp³-hybridized carbons (Fsp3) is 0.375. The van der Waals surface area contributed by atoms with Crippen LogP contribution in [0.1, 0.15) is 44.4 Å². The van der Waals surface area contributed by atoms with Gasteiger partial charge in [0.2, 0.25) is 0 Å². The molecule has 2 aromatic rings. The highest BCUT2D eigenvalue weighted by Crippen LogP contribution is 2.27. The molecule has 7 heteroatoms. The molecule has 1 heterocycles. The molecule has 1 saturated heterocycles. The van der Waals surface area contributed by atoms with Gasteiger partial charge in [-0.15, -0.1) is 0 Å². The molecule has 0 saturated carbocycles. The van der Waals surface area contributed by atoms with Gasteiger partial charge in [0.25, 0.3) is 11.8 Å². The van der Waals surface area contributed by atoms with Crippen LogP contribution in [0.2, 0.25) is 0 Å². The summed E-state index contributed by atoms with van der Waals surface area (Å²) in [5.74, 6) is -0.905. The number of carbonyl (C=O) groups excluding carboxylic acids is 3. The molecule has 2 atom stereocenters. The van der Waals surface area contributed by atoms with Crippen LogP contribution in [0.5, 0.6) is 0 Å². The summed E-state index contributed by atoms with van der Waals surface area (Å²) < 4.78 is 0. The summed E-state index contributed by atoms with van der Waals surface area (Å²) in [5.41, 5.74) is 4.37. The molecule has 3 rings (SSSR count). The molecule has 0 radical (unpaired) electrons. The lowest BCUT2D eigenvalue weighted by molar-refractivity contribution is -0.885. The third-order valence-corrected chi connectivity index (χ3v) is 5.57. The number of urea groups is 1. The number of nitrogens with zero attached hydrogens (tertiary/aromatic N) is 1. The number of amides is 4. The summed E-state index contributed by atoms with van der Waals surface area (Å²) >= 11 is 0. The third kappa shape index (κ3) is 4.94. The smallest absolute Gasteiger partial charge is 0.326 e. The molecule has 164 valence electrons. The summed E-state index contributed by atoms with van der Waals surface area (Å²) in [6, 6.07) is 16.7. The number of quaternary nitrogens is 1. The van der Waals surface area contributed by atoms with E-state index >= 15 is 0 Å². The van der Waals surface area contributed by atoms with Gasteiger partial charge in [-0.3, -0.25) is 15.0 Å². The lowest BCUT2D eigenvalue weighted by Crippen LogP contribution is -3.09. The van der Waals surface area contributed by atoms with Gasteiger partial charge in [0.15, 0.2) is 6.54 Å². The lowest BCUT2D eigenvalue weighted by atomic mass is 9.87. The highest BCUT2D eigenvalue weighted by atomic mass is 16.2. The summed E-state index contributed by atoms with van der Waals surface area (Å²) in [4.78, 5) is 38.7. The van der Waals surface area contributed by atoms with E-state index in [9.17, 15) is 14.4 Å². The molecule has 1 fully saturated rings. The van der Waals surface area contributed by atoms with Gasteiger partial charge in [-0.1, -0.05) is 75.4 Å². The Labute approximate surface area is 183 Å². The average Bonchev–Trinajstić information content (AvgIpc) is 2.92. The first kappa shape index (κ1) is 22.5. The van der Waals surface area contributed by atoms with Crippen molar-refractivity contribution in [2.75, 3.05) is 13.6 Å². The zero-order chi connectivity index (χ0) is 22.8. The lowest BCUT2D eigenvalue weighted by Gasteiger charge is -2.22. The first-order valence-corrected chi connectivity index (χ1v) is 10.4. The van der Waals surface area contributed by atoms with Crippen molar-refractivity contribution in [2.24, 2.45) is 0 Å². The summed E-state index contributed by atoms with van der Waals surface area (Å²) in [7, 11) is 1.90. The van der Waals surface area contributed by atoms with E-state index in [-0.39, 0.29) is 12.0 Å². The second-order valence-corrected chi connectivity index (χ2v) is 9.35. The highest BCUT2D eigenvalue weighted by molar-refractivity contribution is 6.08. The fourth-order valence-corrected chi connectivity index (χ4v) is 3.68. The number of hydrazine groups is 1. The van der Waals surface area contributed by atoms with Crippen LogP contribution in [-0.2, 0) is 27.1 Å². The molecular formula is C24H31N4O3+. The molecule has 2 aromatic carbocycles. The van der Waals surface area contributed by atoms with E-state index in [1.54, 1.807) is 31.2 Å². The topological polar surface area (TPSA) is 82.9 Å². The van der Waals surface area contributed by atoms with Crippen molar-refractivity contribution in [3.63, 3.8) is 0 Å². The van der Waals surface area contributed by atoms with Crippen LogP contribution in [0.15, 0.2) is 54.6 Å². The SMILES string of the molecule is C[NH+](CC(=O)NN1C(=O)N[C@](C)(c2ccccc2)C1=O)Cc1ccc(C(C)(C)C)cc1. The Bertz CT molecular complexity index is 967. The molecule has 3 N–H and O–H groups in total. The zero-order valence-electron chi connectivity index (χ0n) is 18.8. The highest BCUT2D eigenvalue weighted by Gasteiger charge is 2.50. The van der Waals surface area contributed by atoms with Gasteiger partial charge < -0.3 is 10.2 Å². The Balaban J connectivity index is 1.59. The van der Waals surface area contributed by atoms with E-state index in [2.05, 4.69) is 55.8 Å². The monoisotopic (exact) mass is 423 g/mol. The molecule has 0 spiro atoms. The minimum atomic E-state index is -1.21. The fourth-order valence-electron chi connectivity index (χ4n) is 3.68. The standard InChI is InChI=1S/C24H30N4O3/c1-23(2,3)18-13-11-17(12-14-18)15-27(5)16-20(29)26-28-21(30)24(4,25-22(28)31)19-9-7-6-8-10-19/h6-14H,15-16H2,1-5H3,(H,25,31)(H,26,29)/p+1/t24-/m1/s1. The number of hydrogen-bond acceptors (Lipinski definition) is 3. The zero-order valence-corrected chi connectivity index (χ0v) is 18.8. The Morgan fingerprint density at radius 3 is 2.26 bits per heavy atom. The van der Waals surface area contributed by atoms with Crippen LogP contribution >= 0.6 is 0 Å². The molecule has 0 aliphatic carbocycles. The minimum absolute atomic E-state index is 0.0915. The van der Waals surface area contributed by atoms with E-state index < -0.39 is 23.4 Å². The van der Waals surface area contributed by atoms with Gasteiger partial charge in [-0.25, -0.2) is 4.79 Å². The second kappa shape index (κ2) is 8.51. The van der Waals surface area contributed by atoms with Gasteiger partial charge in [-0.2, -0.15) is 5.01 Å².